The van der Waals surface area contributed by atoms with Crippen LogP contribution in [0.2, 0.25) is 0 Å². The molecule has 0 unspecified atom stereocenters. The fourth-order valence-corrected chi connectivity index (χ4v) is 1.76. The summed E-state index contributed by atoms with van der Waals surface area (Å²) in [6.07, 6.45) is 17.3. The molecular weight excluding hydrogens is 232 g/mol. The second-order valence-corrected chi connectivity index (χ2v) is 3.84. The molecule has 1 rings (SSSR count). The molecule has 0 aromatic carbocycles. The highest BCUT2D eigenvalue weighted by atomic mass is 15.1. The van der Waals surface area contributed by atoms with E-state index in [0.717, 1.165) is 22.4 Å². The van der Waals surface area contributed by atoms with Crippen molar-refractivity contribution in [2.24, 2.45) is 0 Å². The molecule has 19 heavy (non-hydrogen) atoms. The molecular formula is C17H20N2. The minimum atomic E-state index is 0.907. The maximum Gasteiger partial charge on any atom is 0.0998 e. The van der Waals surface area contributed by atoms with Gasteiger partial charge in [0, 0.05) is 17.3 Å². The Balaban J connectivity index is 3.31. The van der Waals surface area contributed by atoms with Gasteiger partial charge in [0.1, 0.15) is 0 Å². The molecule has 0 fully saturated rings. The molecule has 0 saturated heterocycles. The zero-order valence-electron chi connectivity index (χ0n) is 11.6. The van der Waals surface area contributed by atoms with E-state index < -0.39 is 0 Å². The molecule has 0 aliphatic heterocycles. The smallest absolute Gasteiger partial charge is 0.0998 e. The van der Waals surface area contributed by atoms with Crippen LogP contribution in [0.1, 0.15) is 25.1 Å². The maximum absolute atomic E-state index is 4.34. The van der Waals surface area contributed by atoms with Crippen LogP contribution in [-0.4, -0.2) is 10.2 Å². The van der Waals surface area contributed by atoms with E-state index in [-0.39, 0.29) is 0 Å². The van der Waals surface area contributed by atoms with Crippen molar-refractivity contribution in [3.8, 4) is 0 Å². The SMILES string of the molecule is C=C/C=C\C(=C/C=C)c1n[nH]cc1C(/C=C\C)=C/C. The molecule has 2 nitrogen and oxygen atoms in total. The second kappa shape index (κ2) is 7.88. The molecule has 1 aromatic heterocycles. The summed E-state index contributed by atoms with van der Waals surface area (Å²) in [5.74, 6) is 0. The standard InChI is InChI=1S/C17H20N2/c1-5-9-12-15(11-7-3)17-16(13-18-19-17)14(8-4)10-6-2/h5-13H,1,3H2,2,4H3,(H,18,19)/b10-6-,12-9-,14-8+,15-11+. The van der Waals surface area contributed by atoms with Crippen molar-refractivity contribution in [1.29, 1.82) is 0 Å². The van der Waals surface area contributed by atoms with Crippen molar-refractivity contribution in [1.82, 2.24) is 10.2 Å². The third-order valence-corrected chi connectivity index (χ3v) is 2.59. The van der Waals surface area contributed by atoms with E-state index in [1.807, 2.05) is 44.3 Å². The largest absolute Gasteiger partial charge is 0.284 e. The molecule has 0 spiro atoms. The molecule has 2 heteroatoms. The Bertz CT molecular complexity index is 552. The Morgan fingerprint density at radius 1 is 1.16 bits per heavy atom. The van der Waals surface area contributed by atoms with Crippen molar-refractivity contribution < 1.29 is 0 Å². The highest BCUT2D eigenvalue weighted by molar-refractivity contribution is 5.85. The summed E-state index contributed by atoms with van der Waals surface area (Å²) in [6.45, 7) is 11.5. The lowest BCUT2D eigenvalue weighted by Crippen LogP contribution is -1.88. The van der Waals surface area contributed by atoms with Crippen LogP contribution in [0.3, 0.4) is 0 Å². The number of hydrogen-bond acceptors (Lipinski definition) is 1. The molecule has 0 aliphatic carbocycles. The monoisotopic (exact) mass is 252 g/mol. The average molecular weight is 252 g/mol. The number of hydrogen-bond donors (Lipinski definition) is 1. The Morgan fingerprint density at radius 2 is 1.95 bits per heavy atom. The quantitative estimate of drug-likeness (QED) is 0.730. The number of rotatable bonds is 6. The molecule has 0 radical (unpaired) electrons. The molecule has 1 aromatic rings. The minimum Gasteiger partial charge on any atom is -0.284 e. The fraction of sp³-hybridized carbons (Fsp3) is 0.118. The normalized spacial score (nSPS) is 13.4. The molecule has 98 valence electrons. The Morgan fingerprint density at radius 3 is 2.53 bits per heavy atom. The van der Waals surface area contributed by atoms with Crippen LogP contribution in [0.15, 0.2) is 68.0 Å². The van der Waals surface area contributed by atoms with E-state index in [0.29, 0.717) is 0 Å². The van der Waals surface area contributed by atoms with E-state index in [1.165, 1.54) is 0 Å². The van der Waals surface area contributed by atoms with Crippen molar-refractivity contribution in [2.45, 2.75) is 13.8 Å². The van der Waals surface area contributed by atoms with Gasteiger partial charge in [-0.3, -0.25) is 5.10 Å². The Hall–Kier alpha value is -2.35. The van der Waals surface area contributed by atoms with Gasteiger partial charge in [-0.1, -0.05) is 61.8 Å². The van der Waals surface area contributed by atoms with Gasteiger partial charge in [-0.2, -0.15) is 5.10 Å². The molecule has 1 N–H and O–H groups in total. The van der Waals surface area contributed by atoms with Crippen molar-refractivity contribution >= 4 is 11.1 Å². The van der Waals surface area contributed by atoms with Gasteiger partial charge in [-0.05, 0) is 19.4 Å². The van der Waals surface area contributed by atoms with Gasteiger partial charge in [0.2, 0.25) is 0 Å². The van der Waals surface area contributed by atoms with Gasteiger partial charge < -0.3 is 0 Å². The Labute approximate surface area is 115 Å². The first kappa shape index (κ1) is 14.7. The van der Waals surface area contributed by atoms with E-state index in [4.69, 9.17) is 0 Å². The first-order valence-electron chi connectivity index (χ1n) is 6.23. The van der Waals surface area contributed by atoms with Crippen molar-refractivity contribution in [2.75, 3.05) is 0 Å². The Kier molecular flexibility index (Phi) is 6.10. The van der Waals surface area contributed by atoms with Gasteiger partial charge >= 0.3 is 0 Å². The third-order valence-electron chi connectivity index (χ3n) is 2.59. The zero-order valence-corrected chi connectivity index (χ0v) is 11.6. The van der Waals surface area contributed by atoms with Crippen LogP contribution in [0.4, 0.5) is 0 Å². The number of nitrogens with one attached hydrogen (secondary N) is 1. The summed E-state index contributed by atoms with van der Waals surface area (Å²) < 4.78 is 0. The van der Waals surface area contributed by atoms with E-state index in [2.05, 4.69) is 35.5 Å². The van der Waals surface area contributed by atoms with Gasteiger partial charge in [0.25, 0.3) is 0 Å². The number of allylic oxidation sites excluding steroid dienone is 10. The summed E-state index contributed by atoms with van der Waals surface area (Å²) in [6, 6.07) is 0. The highest BCUT2D eigenvalue weighted by Gasteiger charge is 2.10. The fourth-order valence-electron chi connectivity index (χ4n) is 1.76. The third kappa shape index (κ3) is 3.81. The van der Waals surface area contributed by atoms with Crippen LogP contribution >= 0.6 is 0 Å². The van der Waals surface area contributed by atoms with Crippen LogP contribution in [0.25, 0.3) is 11.1 Å². The van der Waals surface area contributed by atoms with E-state index in [9.17, 15) is 0 Å². The first-order chi connectivity index (χ1) is 9.28. The van der Waals surface area contributed by atoms with Gasteiger partial charge in [0.05, 0.1) is 5.69 Å². The molecule has 0 saturated carbocycles. The van der Waals surface area contributed by atoms with Crippen molar-refractivity contribution in [3.63, 3.8) is 0 Å². The predicted octanol–water partition coefficient (Wildman–Crippen LogP) is 4.70. The summed E-state index contributed by atoms with van der Waals surface area (Å²) in [5.41, 5.74) is 4.11. The van der Waals surface area contributed by atoms with Crippen LogP contribution in [-0.2, 0) is 0 Å². The van der Waals surface area contributed by atoms with Crippen LogP contribution < -0.4 is 0 Å². The van der Waals surface area contributed by atoms with Crippen LogP contribution in [0.5, 0.6) is 0 Å². The number of aromatic amines is 1. The summed E-state index contributed by atoms with van der Waals surface area (Å²) in [5, 5.41) is 7.27. The zero-order chi connectivity index (χ0) is 14.1. The summed E-state index contributed by atoms with van der Waals surface area (Å²) >= 11 is 0. The first-order valence-corrected chi connectivity index (χ1v) is 6.23. The number of H-pyrrole nitrogens is 1. The minimum absolute atomic E-state index is 0.907. The predicted molar refractivity (Wildman–Crippen MR) is 84.6 cm³/mol. The second-order valence-electron chi connectivity index (χ2n) is 3.84. The van der Waals surface area contributed by atoms with E-state index in [1.54, 1.807) is 12.2 Å². The molecule has 1 heterocycles. The molecule has 0 atom stereocenters. The topological polar surface area (TPSA) is 28.7 Å². The lowest BCUT2D eigenvalue weighted by molar-refractivity contribution is 1.08. The van der Waals surface area contributed by atoms with Crippen LogP contribution in [0, 0.1) is 0 Å². The lowest BCUT2D eigenvalue weighted by atomic mass is 10.0. The van der Waals surface area contributed by atoms with E-state index >= 15 is 0 Å². The summed E-state index contributed by atoms with van der Waals surface area (Å²) in [4.78, 5) is 0. The molecule has 0 aliphatic rings. The molecule has 0 bridgehead atoms. The van der Waals surface area contributed by atoms with Gasteiger partial charge in [-0.25, -0.2) is 0 Å². The van der Waals surface area contributed by atoms with Gasteiger partial charge in [0.15, 0.2) is 0 Å². The lowest BCUT2D eigenvalue weighted by Gasteiger charge is -2.03. The van der Waals surface area contributed by atoms with Crippen molar-refractivity contribution in [3.05, 3.63) is 79.2 Å². The van der Waals surface area contributed by atoms with Gasteiger partial charge in [-0.15, -0.1) is 0 Å². The average Bonchev–Trinajstić information content (AvgIpc) is 2.89. The maximum atomic E-state index is 4.34. The molecule has 0 amide bonds. The number of nitrogens with zero attached hydrogens (tertiary/aromatic N) is 1. The highest BCUT2D eigenvalue weighted by Crippen LogP contribution is 2.25. The number of aromatic nitrogens is 2. The summed E-state index contributed by atoms with van der Waals surface area (Å²) in [7, 11) is 0.